The number of carbonyl (C=O) groups is 1. The Morgan fingerprint density at radius 3 is 3.00 bits per heavy atom. The molecule has 0 N–H and O–H groups in total. The molecule has 3 rings (SSSR count). The van der Waals surface area contributed by atoms with Crippen molar-refractivity contribution in [1.29, 1.82) is 0 Å². The van der Waals surface area contributed by atoms with Gasteiger partial charge in [0, 0.05) is 17.6 Å². The zero-order valence-corrected chi connectivity index (χ0v) is 14.0. The third kappa shape index (κ3) is 3.88. The first kappa shape index (κ1) is 15.5. The molecule has 22 heavy (non-hydrogen) atoms. The molecule has 1 amide bonds. The number of amides is 1. The van der Waals surface area contributed by atoms with Crippen molar-refractivity contribution >= 4 is 29.0 Å². The minimum absolute atomic E-state index is 0.0222. The Bertz CT molecular complexity index is 630. The van der Waals surface area contributed by atoms with Gasteiger partial charge in [-0.3, -0.25) is 4.79 Å². The van der Waals surface area contributed by atoms with Gasteiger partial charge < -0.3 is 9.64 Å². The Hall–Kier alpha value is -1.37. The Kier molecular flexibility index (Phi) is 5.12. The van der Waals surface area contributed by atoms with Crippen molar-refractivity contribution in [2.24, 2.45) is 0 Å². The van der Waals surface area contributed by atoms with E-state index in [9.17, 15) is 4.79 Å². The lowest BCUT2D eigenvalue weighted by Crippen LogP contribution is -2.43. The third-order valence-corrected chi connectivity index (χ3v) is 5.63. The van der Waals surface area contributed by atoms with E-state index in [1.807, 2.05) is 47.5 Å². The highest BCUT2D eigenvalue weighted by Gasteiger charge is 2.25. The predicted molar refractivity (Wildman–Crippen MR) is 89.3 cm³/mol. The van der Waals surface area contributed by atoms with Crippen LogP contribution in [0.3, 0.4) is 0 Å². The van der Waals surface area contributed by atoms with E-state index in [2.05, 4.69) is 4.98 Å². The summed E-state index contributed by atoms with van der Waals surface area (Å²) in [5, 5.41) is 2.01. The van der Waals surface area contributed by atoms with Crippen molar-refractivity contribution in [2.45, 2.75) is 17.4 Å². The number of aryl methyl sites for hydroxylation is 1. The lowest BCUT2D eigenvalue weighted by atomic mass is 10.1. The molecule has 1 aliphatic rings. The predicted octanol–water partition coefficient (Wildman–Crippen LogP) is 3.14. The van der Waals surface area contributed by atoms with E-state index in [-0.39, 0.29) is 12.0 Å². The number of thiazole rings is 1. The molecule has 1 aliphatic heterocycles. The molecule has 1 saturated heterocycles. The van der Waals surface area contributed by atoms with Crippen LogP contribution in [0.1, 0.15) is 17.4 Å². The van der Waals surface area contributed by atoms with Gasteiger partial charge in [0.15, 0.2) is 4.34 Å². The second kappa shape index (κ2) is 7.26. The van der Waals surface area contributed by atoms with E-state index in [4.69, 9.17) is 4.74 Å². The Morgan fingerprint density at radius 1 is 1.45 bits per heavy atom. The van der Waals surface area contributed by atoms with Crippen molar-refractivity contribution in [1.82, 2.24) is 9.88 Å². The molecular formula is C16H18N2O2S2. The van der Waals surface area contributed by atoms with Crippen LogP contribution < -0.4 is 0 Å². The van der Waals surface area contributed by atoms with Crippen LogP contribution >= 0.6 is 23.1 Å². The molecule has 0 saturated carbocycles. The van der Waals surface area contributed by atoms with E-state index >= 15 is 0 Å². The van der Waals surface area contributed by atoms with Crippen molar-refractivity contribution in [3.05, 3.63) is 47.0 Å². The van der Waals surface area contributed by atoms with Gasteiger partial charge in [-0.25, -0.2) is 4.98 Å². The highest BCUT2D eigenvalue weighted by molar-refractivity contribution is 8.01. The zero-order valence-electron chi connectivity index (χ0n) is 12.4. The molecule has 0 bridgehead atoms. The Balaban J connectivity index is 1.56. The van der Waals surface area contributed by atoms with Crippen molar-refractivity contribution < 1.29 is 9.53 Å². The minimum atomic E-state index is -0.0222. The number of aromatic nitrogens is 1. The number of carbonyl (C=O) groups excluding carboxylic acids is 1. The van der Waals surface area contributed by atoms with Gasteiger partial charge in [0.1, 0.15) is 6.10 Å². The SMILES string of the molecule is Cc1csc(SCC(=O)N2CCO[C@@H](c3ccccc3)C2)n1. The minimum Gasteiger partial charge on any atom is -0.370 e. The molecule has 116 valence electrons. The second-order valence-corrected chi connectivity index (χ2v) is 7.23. The summed E-state index contributed by atoms with van der Waals surface area (Å²) in [4.78, 5) is 18.7. The maximum absolute atomic E-state index is 12.4. The highest BCUT2D eigenvalue weighted by atomic mass is 32.2. The molecule has 0 radical (unpaired) electrons. The number of thioether (sulfide) groups is 1. The van der Waals surface area contributed by atoms with Gasteiger partial charge in [-0.2, -0.15) is 0 Å². The monoisotopic (exact) mass is 334 g/mol. The van der Waals surface area contributed by atoms with Crippen LogP contribution in [-0.2, 0) is 9.53 Å². The summed E-state index contributed by atoms with van der Waals surface area (Å²) in [6.07, 6.45) is -0.0222. The van der Waals surface area contributed by atoms with E-state index in [1.165, 1.54) is 11.8 Å². The van der Waals surface area contributed by atoms with Gasteiger partial charge in [-0.15, -0.1) is 11.3 Å². The van der Waals surface area contributed by atoms with Crippen LogP contribution in [0.5, 0.6) is 0 Å². The maximum Gasteiger partial charge on any atom is 0.233 e. The molecule has 0 aliphatic carbocycles. The smallest absolute Gasteiger partial charge is 0.233 e. The molecule has 0 spiro atoms. The summed E-state index contributed by atoms with van der Waals surface area (Å²) < 4.78 is 6.76. The van der Waals surface area contributed by atoms with E-state index in [1.54, 1.807) is 11.3 Å². The number of ether oxygens (including phenoxy) is 1. The van der Waals surface area contributed by atoms with Gasteiger partial charge >= 0.3 is 0 Å². The van der Waals surface area contributed by atoms with Gasteiger partial charge in [-0.1, -0.05) is 42.1 Å². The van der Waals surface area contributed by atoms with Crippen LogP contribution in [0.15, 0.2) is 40.1 Å². The molecule has 4 nitrogen and oxygen atoms in total. The van der Waals surface area contributed by atoms with Crippen LogP contribution in [-0.4, -0.2) is 41.2 Å². The standard InChI is InChI=1S/C16H18N2O2S2/c1-12-10-21-16(17-12)22-11-15(19)18-7-8-20-14(9-18)13-5-3-2-4-6-13/h2-6,10,14H,7-9,11H2,1H3/t14-/m1/s1. The third-order valence-electron chi connectivity index (χ3n) is 3.51. The molecule has 1 aromatic heterocycles. The number of morpholine rings is 1. The number of hydrogen-bond donors (Lipinski definition) is 0. The molecular weight excluding hydrogens is 316 g/mol. The molecule has 2 aromatic rings. The quantitative estimate of drug-likeness (QED) is 0.806. The van der Waals surface area contributed by atoms with Crippen LogP contribution in [0, 0.1) is 6.92 Å². The molecule has 1 aromatic carbocycles. The van der Waals surface area contributed by atoms with Gasteiger partial charge in [0.2, 0.25) is 5.91 Å². The highest BCUT2D eigenvalue weighted by Crippen LogP contribution is 2.25. The van der Waals surface area contributed by atoms with Gasteiger partial charge in [-0.05, 0) is 12.5 Å². The number of rotatable bonds is 4. The fourth-order valence-electron chi connectivity index (χ4n) is 2.36. The summed E-state index contributed by atoms with van der Waals surface area (Å²) >= 11 is 3.11. The van der Waals surface area contributed by atoms with E-state index < -0.39 is 0 Å². The topological polar surface area (TPSA) is 42.4 Å². The fraction of sp³-hybridized carbons (Fsp3) is 0.375. The second-order valence-electron chi connectivity index (χ2n) is 5.15. The number of benzene rings is 1. The molecule has 1 atom stereocenters. The average molecular weight is 334 g/mol. The van der Waals surface area contributed by atoms with E-state index in [0.29, 0.717) is 25.4 Å². The first-order valence-electron chi connectivity index (χ1n) is 7.21. The summed E-state index contributed by atoms with van der Waals surface area (Å²) in [5.41, 5.74) is 2.14. The Labute approximate surface area is 138 Å². The molecule has 6 heteroatoms. The Morgan fingerprint density at radius 2 is 2.27 bits per heavy atom. The van der Waals surface area contributed by atoms with Crippen LogP contribution in [0.2, 0.25) is 0 Å². The normalized spacial score (nSPS) is 18.4. The van der Waals surface area contributed by atoms with Crippen LogP contribution in [0.4, 0.5) is 0 Å². The average Bonchev–Trinajstić information content (AvgIpc) is 2.99. The largest absolute Gasteiger partial charge is 0.370 e. The number of nitrogens with zero attached hydrogens (tertiary/aromatic N) is 2. The van der Waals surface area contributed by atoms with E-state index in [0.717, 1.165) is 15.6 Å². The first-order valence-corrected chi connectivity index (χ1v) is 9.08. The summed E-state index contributed by atoms with van der Waals surface area (Å²) in [6.45, 7) is 3.85. The summed E-state index contributed by atoms with van der Waals surface area (Å²) in [7, 11) is 0. The summed E-state index contributed by atoms with van der Waals surface area (Å²) in [5.74, 6) is 0.594. The molecule has 2 heterocycles. The summed E-state index contributed by atoms with van der Waals surface area (Å²) in [6, 6.07) is 10.1. The maximum atomic E-state index is 12.4. The molecule has 0 unspecified atom stereocenters. The van der Waals surface area contributed by atoms with Crippen LogP contribution in [0.25, 0.3) is 0 Å². The molecule has 1 fully saturated rings. The zero-order chi connectivity index (χ0) is 15.4. The van der Waals surface area contributed by atoms with Gasteiger partial charge in [0.25, 0.3) is 0 Å². The first-order chi connectivity index (χ1) is 10.7. The van der Waals surface area contributed by atoms with Crippen molar-refractivity contribution in [3.63, 3.8) is 0 Å². The van der Waals surface area contributed by atoms with Crippen molar-refractivity contribution in [3.8, 4) is 0 Å². The fourth-order valence-corrected chi connectivity index (χ4v) is 4.11. The lowest BCUT2D eigenvalue weighted by molar-refractivity contribution is -0.136. The van der Waals surface area contributed by atoms with Gasteiger partial charge in [0.05, 0.1) is 18.9 Å². The number of hydrogen-bond acceptors (Lipinski definition) is 5. The van der Waals surface area contributed by atoms with Crippen molar-refractivity contribution in [2.75, 3.05) is 25.4 Å². The lowest BCUT2D eigenvalue weighted by Gasteiger charge is -2.33.